The number of para-hydroxylation sites is 2. The van der Waals surface area contributed by atoms with E-state index in [9.17, 15) is 5.11 Å². The van der Waals surface area contributed by atoms with E-state index in [1.54, 1.807) is 0 Å². The van der Waals surface area contributed by atoms with E-state index in [-0.39, 0.29) is 6.61 Å². The van der Waals surface area contributed by atoms with Crippen LogP contribution in [0.15, 0.2) is 24.3 Å². The SMILES string of the molecule is CC(C)CCN1CCN(Cc2nc3ccccc3[nH]2)CC1CCO. The van der Waals surface area contributed by atoms with Crippen LogP contribution in [0.5, 0.6) is 0 Å². The number of nitrogens with zero attached hydrogens (tertiary/aromatic N) is 3. The van der Waals surface area contributed by atoms with E-state index in [0.717, 1.165) is 61.9 Å². The van der Waals surface area contributed by atoms with Gasteiger partial charge in [0.05, 0.1) is 17.6 Å². The molecule has 1 aliphatic heterocycles. The Labute approximate surface area is 144 Å². The summed E-state index contributed by atoms with van der Waals surface area (Å²) >= 11 is 0. The average Bonchev–Trinajstić information content (AvgIpc) is 2.96. The maximum atomic E-state index is 9.42. The van der Waals surface area contributed by atoms with Crippen molar-refractivity contribution in [2.24, 2.45) is 5.92 Å². The number of aliphatic hydroxyl groups excluding tert-OH is 1. The van der Waals surface area contributed by atoms with Crippen LogP contribution in [-0.4, -0.2) is 63.7 Å². The molecule has 1 unspecified atom stereocenters. The zero-order valence-corrected chi connectivity index (χ0v) is 14.9. The van der Waals surface area contributed by atoms with Crippen LogP contribution < -0.4 is 0 Å². The van der Waals surface area contributed by atoms with Gasteiger partial charge in [0.25, 0.3) is 0 Å². The van der Waals surface area contributed by atoms with Crippen LogP contribution in [0.3, 0.4) is 0 Å². The van der Waals surface area contributed by atoms with Crippen molar-refractivity contribution in [2.45, 2.75) is 39.3 Å². The van der Waals surface area contributed by atoms with Crippen molar-refractivity contribution in [1.29, 1.82) is 0 Å². The van der Waals surface area contributed by atoms with Crippen LogP contribution >= 0.6 is 0 Å². The minimum absolute atomic E-state index is 0.265. The normalized spacial score (nSPS) is 20.2. The first-order valence-electron chi connectivity index (χ1n) is 9.16. The molecule has 2 heterocycles. The molecule has 132 valence electrons. The summed E-state index contributed by atoms with van der Waals surface area (Å²) in [5.74, 6) is 1.77. The minimum Gasteiger partial charge on any atom is -0.396 e. The molecule has 0 bridgehead atoms. The van der Waals surface area contributed by atoms with E-state index in [0.29, 0.717) is 6.04 Å². The van der Waals surface area contributed by atoms with E-state index in [2.05, 4.69) is 34.7 Å². The molecule has 5 nitrogen and oxygen atoms in total. The highest BCUT2D eigenvalue weighted by molar-refractivity contribution is 5.74. The Bertz CT molecular complexity index is 606. The number of benzene rings is 1. The lowest BCUT2D eigenvalue weighted by Crippen LogP contribution is -2.53. The molecular weight excluding hydrogens is 300 g/mol. The molecule has 2 N–H and O–H groups in total. The molecule has 1 saturated heterocycles. The summed E-state index contributed by atoms with van der Waals surface area (Å²) in [5.41, 5.74) is 2.14. The fourth-order valence-corrected chi connectivity index (χ4v) is 3.53. The molecule has 5 heteroatoms. The minimum atomic E-state index is 0.265. The largest absolute Gasteiger partial charge is 0.396 e. The van der Waals surface area contributed by atoms with Gasteiger partial charge in [-0.05, 0) is 37.4 Å². The van der Waals surface area contributed by atoms with Gasteiger partial charge in [0.15, 0.2) is 0 Å². The van der Waals surface area contributed by atoms with Gasteiger partial charge >= 0.3 is 0 Å². The standard InChI is InChI=1S/C19H30N4O/c1-15(2)7-9-23-11-10-22(13-16(23)8-12-24)14-19-20-17-5-3-4-6-18(17)21-19/h3-6,15-16,24H,7-14H2,1-2H3,(H,20,21). The molecule has 1 aromatic carbocycles. The molecule has 1 atom stereocenters. The number of H-pyrrole nitrogens is 1. The molecule has 0 saturated carbocycles. The molecule has 1 fully saturated rings. The highest BCUT2D eigenvalue weighted by Crippen LogP contribution is 2.18. The van der Waals surface area contributed by atoms with Gasteiger partial charge in [0, 0.05) is 32.3 Å². The van der Waals surface area contributed by atoms with Crippen LogP contribution in [0.2, 0.25) is 0 Å². The number of aromatic nitrogens is 2. The molecule has 1 aromatic heterocycles. The van der Waals surface area contributed by atoms with E-state index < -0.39 is 0 Å². The van der Waals surface area contributed by atoms with E-state index in [1.807, 2.05) is 18.2 Å². The first-order valence-corrected chi connectivity index (χ1v) is 9.16. The quantitative estimate of drug-likeness (QED) is 0.819. The molecule has 0 amide bonds. The second kappa shape index (κ2) is 8.10. The Morgan fingerprint density at radius 3 is 2.88 bits per heavy atom. The molecule has 3 rings (SSSR count). The highest BCUT2D eigenvalue weighted by Gasteiger charge is 2.26. The van der Waals surface area contributed by atoms with Crippen molar-refractivity contribution in [3.05, 3.63) is 30.1 Å². The van der Waals surface area contributed by atoms with Gasteiger partial charge in [-0.15, -0.1) is 0 Å². The molecule has 2 aromatic rings. The average molecular weight is 330 g/mol. The molecule has 0 aliphatic carbocycles. The number of piperazine rings is 1. The molecule has 0 spiro atoms. The third kappa shape index (κ3) is 4.35. The lowest BCUT2D eigenvalue weighted by Gasteiger charge is -2.41. The first kappa shape index (κ1) is 17.4. The van der Waals surface area contributed by atoms with Gasteiger partial charge in [-0.1, -0.05) is 26.0 Å². The summed E-state index contributed by atoms with van der Waals surface area (Å²) in [4.78, 5) is 13.1. The van der Waals surface area contributed by atoms with Crippen LogP contribution in [0.1, 0.15) is 32.5 Å². The third-order valence-electron chi connectivity index (χ3n) is 4.96. The Morgan fingerprint density at radius 2 is 2.12 bits per heavy atom. The number of aromatic amines is 1. The van der Waals surface area contributed by atoms with Gasteiger partial charge in [-0.3, -0.25) is 9.80 Å². The number of rotatable bonds is 7. The van der Waals surface area contributed by atoms with Gasteiger partial charge in [0.2, 0.25) is 0 Å². The lowest BCUT2D eigenvalue weighted by atomic mass is 10.1. The number of hydrogen-bond donors (Lipinski definition) is 2. The predicted molar refractivity (Wildman–Crippen MR) is 97.9 cm³/mol. The van der Waals surface area contributed by atoms with E-state index >= 15 is 0 Å². The zero-order valence-electron chi connectivity index (χ0n) is 14.9. The summed E-state index contributed by atoms with van der Waals surface area (Å²) < 4.78 is 0. The highest BCUT2D eigenvalue weighted by atomic mass is 16.3. The number of nitrogens with one attached hydrogen (secondary N) is 1. The Balaban J connectivity index is 1.61. The van der Waals surface area contributed by atoms with Gasteiger partial charge < -0.3 is 10.1 Å². The Hall–Kier alpha value is -1.43. The number of fused-ring (bicyclic) bond motifs is 1. The first-order chi connectivity index (χ1) is 11.7. The van der Waals surface area contributed by atoms with E-state index in [4.69, 9.17) is 4.98 Å². The monoisotopic (exact) mass is 330 g/mol. The van der Waals surface area contributed by atoms with Gasteiger partial charge in [-0.25, -0.2) is 4.98 Å². The fraction of sp³-hybridized carbons (Fsp3) is 0.632. The van der Waals surface area contributed by atoms with Gasteiger partial charge in [-0.2, -0.15) is 0 Å². The topological polar surface area (TPSA) is 55.4 Å². The van der Waals surface area contributed by atoms with Crippen molar-refractivity contribution in [3.63, 3.8) is 0 Å². The number of hydrogen-bond acceptors (Lipinski definition) is 4. The van der Waals surface area contributed by atoms with Crippen molar-refractivity contribution in [2.75, 3.05) is 32.8 Å². The fourth-order valence-electron chi connectivity index (χ4n) is 3.53. The second-order valence-electron chi connectivity index (χ2n) is 7.32. The third-order valence-corrected chi connectivity index (χ3v) is 4.96. The molecule has 1 aliphatic rings. The predicted octanol–water partition coefficient (Wildman–Crippen LogP) is 2.48. The summed E-state index contributed by atoms with van der Waals surface area (Å²) in [6, 6.07) is 8.64. The van der Waals surface area contributed by atoms with Crippen LogP contribution in [0.25, 0.3) is 11.0 Å². The van der Waals surface area contributed by atoms with Gasteiger partial charge in [0.1, 0.15) is 5.82 Å². The van der Waals surface area contributed by atoms with Crippen LogP contribution in [0, 0.1) is 5.92 Å². The van der Waals surface area contributed by atoms with Crippen molar-refractivity contribution >= 4 is 11.0 Å². The summed E-state index contributed by atoms with van der Waals surface area (Å²) in [7, 11) is 0. The maximum absolute atomic E-state index is 9.42. The summed E-state index contributed by atoms with van der Waals surface area (Å²) in [6.07, 6.45) is 2.08. The van der Waals surface area contributed by atoms with Crippen molar-refractivity contribution < 1.29 is 5.11 Å². The summed E-state index contributed by atoms with van der Waals surface area (Å²) in [5, 5.41) is 9.42. The second-order valence-corrected chi connectivity index (χ2v) is 7.32. The lowest BCUT2D eigenvalue weighted by molar-refractivity contribution is 0.0513. The number of imidazole rings is 1. The zero-order chi connectivity index (χ0) is 16.9. The van der Waals surface area contributed by atoms with E-state index in [1.165, 1.54) is 6.42 Å². The smallest absolute Gasteiger partial charge is 0.121 e. The van der Waals surface area contributed by atoms with Crippen LogP contribution in [-0.2, 0) is 6.54 Å². The maximum Gasteiger partial charge on any atom is 0.121 e. The Morgan fingerprint density at radius 1 is 1.29 bits per heavy atom. The Kier molecular flexibility index (Phi) is 5.87. The molecule has 0 radical (unpaired) electrons. The van der Waals surface area contributed by atoms with Crippen molar-refractivity contribution in [1.82, 2.24) is 19.8 Å². The number of aliphatic hydroxyl groups is 1. The van der Waals surface area contributed by atoms with Crippen LogP contribution in [0.4, 0.5) is 0 Å². The molecule has 24 heavy (non-hydrogen) atoms. The van der Waals surface area contributed by atoms with Crippen molar-refractivity contribution in [3.8, 4) is 0 Å². The molecular formula is C19H30N4O. The summed E-state index contributed by atoms with van der Waals surface area (Å²) in [6.45, 7) is 9.97.